The Kier molecular flexibility index (Phi) is 7.72. The Morgan fingerprint density at radius 1 is 1.06 bits per heavy atom. The largest absolute Gasteiger partial charge is 0.331 e. The lowest BCUT2D eigenvalue weighted by Crippen LogP contribution is -2.29. The minimum atomic E-state index is -0.557. The Hall–Kier alpha value is -3.07. The highest BCUT2D eigenvalue weighted by molar-refractivity contribution is 7.98. The van der Waals surface area contributed by atoms with Gasteiger partial charge in [-0.1, -0.05) is 71.4 Å². The van der Waals surface area contributed by atoms with E-state index in [4.69, 9.17) is 23.2 Å². The Morgan fingerprint density at radius 3 is 2.62 bits per heavy atom. The van der Waals surface area contributed by atoms with Crippen molar-refractivity contribution in [3.63, 3.8) is 0 Å². The smallest absolute Gasteiger partial charge is 0.319 e. The number of nitrogens with zero attached hydrogens (tertiary/aromatic N) is 3. The molecule has 4 aromatic rings. The molecule has 174 valence electrons. The van der Waals surface area contributed by atoms with Crippen LogP contribution in [0.15, 0.2) is 71.9 Å². The van der Waals surface area contributed by atoms with E-state index in [2.05, 4.69) is 20.8 Å². The van der Waals surface area contributed by atoms with Crippen LogP contribution in [0.4, 0.5) is 14.9 Å². The number of benzene rings is 3. The highest BCUT2D eigenvalue weighted by atomic mass is 35.5. The number of anilines is 1. The number of nitrogens with one attached hydrogen (secondary N) is 2. The van der Waals surface area contributed by atoms with Crippen LogP contribution >= 0.6 is 35.0 Å². The van der Waals surface area contributed by atoms with Crippen LogP contribution in [0.2, 0.25) is 10.0 Å². The average Bonchev–Trinajstić information content (AvgIpc) is 3.23. The summed E-state index contributed by atoms with van der Waals surface area (Å²) in [5.41, 5.74) is 3.34. The fourth-order valence-electron chi connectivity index (χ4n) is 3.20. The van der Waals surface area contributed by atoms with E-state index in [-0.39, 0.29) is 11.6 Å². The maximum Gasteiger partial charge on any atom is 0.319 e. The van der Waals surface area contributed by atoms with Crippen molar-refractivity contribution in [1.82, 2.24) is 20.1 Å². The van der Waals surface area contributed by atoms with Gasteiger partial charge in [-0.3, -0.25) is 4.57 Å². The number of carbonyl (C=O) groups is 1. The molecule has 4 rings (SSSR count). The zero-order chi connectivity index (χ0) is 24.1. The van der Waals surface area contributed by atoms with Crippen molar-refractivity contribution in [2.24, 2.45) is 0 Å². The number of hydrogen-bond acceptors (Lipinski definition) is 4. The second-order valence-corrected chi connectivity index (χ2v) is 9.16. The third-order valence-electron chi connectivity index (χ3n) is 4.91. The zero-order valence-electron chi connectivity index (χ0n) is 18.1. The van der Waals surface area contributed by atoms with Crippen molar-refractivity contribution >= 4 is 46.7 Å². The van der Waals surface area contributed by atoms with E-state index in [9.17, 15) is 9.18 Å². The van der Waals surface area contributed by atoms with Crippen LogP contribution in [-0.2, 0) is 12.3 Å². The number of thioether (sulfide) groups is 1. The van der Waals surface area contributed by atoms with Gasteiger partial charge in [-0.15, -0.1) is 10.2 Å². The quantitative estimate of drug-likeness (QED) is 0.270. The van der Waals surface area contributed by atoms with Gasteiger partial charge < -0.3 is 10.6 Å². The average molecular weight is 516 g/mol. The number of hydrogen-bond donors (Lipinski definition) is 2. The number of amides is 2. The zero-order valence-corrected chi connectivity index (χ0v) is 20.4. The van der Waals surface area contributed by atoms with Crippen LogP contribution in [0, 0.1) is 12.7 Å². The molecule has 1 heterocycles. The number of halogens is 3. The van der Waals surface area contributed by atoms with Gasteiger partial charge in [0.1, 0.15) is 5.82 Å². The molecule has 2 N–H and O–H groups in total. The summed E-state index contributed by atoms with van der Waals surface area (Å²) in [6.45, 7) is 2.07. The van der Waals surface area contributed by atoms with Crippen molar-refractivity contribution in [1.29, 1.82) is 0 Å². The van der Waals surface area contributed by atoms with E-state index in [1.54, 1.807) is 0 Å². The number of carbonyl (C=O) groups excluding carboxylic acids is 1. The number of aromatic nitrogens is 3. The van der Waals surface area contributed by atoms with Crippen molar-refractivity contribution in [3.8, 4) is 5.69 Å². The van der Waals surface area contributed by atoms with Gasteiger partial charge in [-0.25, -0.2) is 9.18 Å². The fraction of sp³-hybridized carbons (Fsp3) is 0.125. The minimum absolute atomic E-state index is 0.0749. The van der Waals surface area contributed by atoms with Gasteiger partial charge in [0.05, 0.1) is 17.3 Å². The molecule has 0 spiro atoms. The van der Waals surface area contributed by atoms with Gasteiger partial charge in [0.25, 0.3) is 0 Å². The second-order valence-electron chi connectivity index (χ2n) is 7.38. The molecule has 6 nitrogen and oxygen atoms in total. The van der Waals surface area contributed by atoms with E-state index in [1.165, 1.54) is 30.0 Å². The molecular formula is C24H20Cl2FN5OS. The predicted octanol–water partition coefficient (Wildman–Crippen LogP) is 6.64. The molecule has 0 radical (unpaired) electrons. The van der Waals surface area contributed by atoms with E-state index < -0.39 is 11.8 Å². The summed E-state index contributed by atoms with van der Waals surface area (Å²) in [6, 6.07) is 19.1. The maximum absolute atomic E-state index is 13.4. The molecule has 0 unspecified atom stereocenters. The molecule has 0 fully saturated rings. The standard InChI is InChI=1S/C24H20Cl2FN5OS/c1-15-7-8-17(25)11-21(15)32-22(30-31-24(32)34-14-16-5-3-2-4-6-16)13-28-23(33)29-18-9-10-20(27)19(26)12-18/h2-12H,13-14H2,1H3,(H2,28,29,33). The van der Waals surface area contributed by atoms with Crippen molar-refractivity contribution in [2.75, 3.05) is 5.32 Å². The normalized spacial score (nSPS) is 10.8. The summed E-state index contributed by atoms with van der Waals surface area (Å²) < 4.78 is 15.2. The molecule has 2 amide bonds. The van der Waals surface area contributed by atoms with Gasteiger partial charge in [0.2, 0.25) is 0 Å². The first kappa shape index (κ1) is 24.1. The Labute approximate surface area is 210 Å². The van der Waals surface area contributed by atoms with Crippen LogP contribution in [0.3, 0.4) is 0 Å². The Bertz CT molecular complexity index is 1320. The van der Waals surface area contributed by atoms with Crippen LogP contribution < -0.4 is 10.6 Å². The van der Waals surface area contributed by atoms with Gasteiger partial charge in [-0.05, 0) is 48.4 Å². The summed E-state index contributed by atoms with van der Waals surface area (Å²) in [4.78, 5) is 12.4. The van der Waals surface area contributed by atoms with Gasteiger partial charge in [-0.2, -0.15) is 0 Å². The molecular weight excluding hydrogens is 496 g/mol. The third kappa shape index (κ3) is 5.88. The molecule has 1 aromatic heterocycles. The maximum atomic E-state index is 13.4. The fourth-order valence-corrected chi connectivity index (χ4v) is 4.47. The van der Waals surface area contributed by atoms with Gasteiger partial charge >= 0.3 is 6.03 Å². The molecule has 0 aliphatic carbocycles. The highest BCUT2D eigenvalue weighted by Crippen LogP contribution is 2.28. The molecule has 10 heteroatoms. The molecule has 0 aliphatic heterocycles. The molecule has 3 aromatic carbocycles. The van der Waals surface area contributed by atoms with Crippen LogP contribution in [-0.4, -0.2) is 20.8 Å². The van der Waals surface area contributed by atoms with Gasteiger partial charge in [0.15, 0.2) is 11.0 Å². The topological polar surface area (TPSA) is 71.8 Å². The Morgan fingerprint density at radius 2 is 1.85 bits per heavy atom. The van der Waals surface area contributed by atoms with Crippen molar-refractivity contribution in [3.05, 3.63) is 99.5 Å². The van der Waals surface area contributed by atoms with E-state index in [1.807, 2.05) is 60.0 Å². The van der Waals surface area contributed by atoms with Crippen molar-refractivity contribution in [2.45, 2.75) is 24.4 Å². The molecule has 34 heavy (non-hydrogen) atoms. The van der Waals surface area contributed by atoms with Crippen molar-refractivity contribution < 1.29 is 9.18 Å². The molecule has 0 aliphatic rings. The summed E-state index contributed by atoms with van der Waals surface area (Å²) in [6.07, 6.45) is 0. The first-order valence-electron chi connectivity index (χ1n) is 10.3. The lowest BCUT2D eigenvalue weighted by molar-refractivity contribution is 0.251. The SMILES string of the molecule is Cc1ccc(Cl)cc1-n1c(CNC(=O)Nc2ccc(F)c(Cl)c2)nnc1SCc1ccccc1. The first-order chi connectivity index (χ1) is 16.4. The minimum Gasteiger partial charge on any atom is -0.331 e. The summed E-state index contributed by atoms with van der Waals surface area (Å²) in [5, 5.41) is 15.3. The number of urea groups is 1. The van der Waals surface area contributed by atoms with E-state index in [0.717, 1.165) is 16.8 Å². The summed E-state index contributed by atoms with van der Waals surface area (Å²) in [5.74, 6) is 0.684. The molecule has 0 atom stereocenters. The van der Waals surface area contributed by atoms with Gasteiger partial charge in [0, 0.05) is 16.5 Å². The van der Waals surface area contributed by atoms with Crippen LogP contribution in [0.1, 0.15) is 17.0 Å². The highest BCUT2D eigenvalue weighted by Gasteiger charge is 2.17. The van der Waals surface area contributed by atoms with Crippen LogP contribution in [0.5, 0.6) is 0 Å². The second kappa shape index (κ2) is 10.9. The molecule has 0 saturated carbocycles. The lowest BCUT2D eigenvalue weighted by Gasteiger charge is -2.14. The number of aryl methyl sites for hydroxylation is 1. The monoisotopic (exact) mass is 515 g/mol. The first-order valence-corrected chi connectivity index (χ1v) is 12.0. The molecule has 0 saturated heterocycles. The third-order valence-corrected chi connectivity index (χ3v) is 6.43. The van der Waals surface area contributed by atoms with E-state index in [0.29, 0.717) is 27.4 Å². The molecule has 0 bridgehead atoms. The van der Waals surface area contributed by atoms with Crippen LogP contribution in [0.25, 0.3) is 5.69 Å². The van der Waals surface area contributed by atoms with E-state index >= 15 is 0 Å². The number of rotatable bonds is 7. The Balaban J connectivity index is 1.55. The predicted molar refractivity (Wildman–Crippen MR) is 134 cm³/mol. The lowest BCUT2D eigenvalue weighted by atomic mass is 10.2. The summed E-state index contributed by atoms with van der Waals surface area (Å²) >= 11 is 13.6. The summed E-state index contributed by atoms with van der Waals surface area (Å²) in [7, 11) is 0.